The fourth-order valence-electron chi connectivity index (χ4n) is 2.84. The predicted molar refractivity (Wildman–Crippen MR) is 109 cm³/mol. The van der Waals surface area contributed by atoms with Crippen LogP contribution in [0, 0.1) is 20.8 Å². The van der Waals surface area contributed by atoms with Crippen LogP contribution in [0.5, 0.6) is 0 Å². The summed E-state index contributed by atoms with van der Waals surface area (Å²) in [6, 6.07) is 17.6. The highest BCUT2D eigenvalue weighted by Crippen LogP contribution is 2.21. The summed E-state index contributed by atoms with van der Waals surface area (Å²) in [5.74, 6) is -0.219. The van der Waals surface area contributed by atoms with E-state index in [1.807, 2.05) is 38.1 Å². The SMILES string of the molecule is Cc1ccc(C(=O)NN=Cc2cc(C)n(-c3ccc(Br)cc3)c2C)cc1. The molecule has 0 aliphatic carbocycles. The molecule has 26 heavy (non-hydrogen) atoms. The quantitative estimate of drug-likeness (QED) is 0.481. The highest BCUT2D eigenvalue weighted by molar-refractivity contribution is 9.10. The molecule has 3 aromatic rings. The van der Waals surface area contributed by atoms with Gasteiger partial charge in [0.15, 0.2) is 0 Å². The minimum Gasteiger partial charge on any atom is -0.318 e. The zero-order chi connectivity index (χ0) is 18.7. The molecule has 0 atom stereocenters. The third-order valence-electron chi connectivity index (χ3n) is 4.24. The summed E-state index contributed by atoms with van der Waals surface area (Å²) in [5.41, 5.74) is 8.52. The summed E-state index contributed by atoms with van der Waals surface area (Å²) >= 11 is 3.46. The van der Waals surface area contributed by atoms with Crippen molar-refractivity contribution in [1.29, 1.82) is 0 Å². The maximum atomic E-state index is 12.1. The number of carbonyl (C=O) groups excluding carboxylic acids is 1. The Bertz CT molecular complexity index is 954. The number of carbonyl (C=O) groups is 1. The van der Waals surface area contributed by atoms with Gasteiger partial charge < -0.3 is 4.57 Å². The van der Waals surface area contributed by atoms with Crippen LogP contribution in [0.4, 0.5) is 0 Å². The average Bonchev–Trinajstić information content (AvgIpc) is 2.90. The van der Waals surface area contributed by atoms with Gasteiger partial charge in [-0.25, -0.2) is 5.43 Å². The topological polar surface area (TPSA) is 46.4 Å². The fraction of sp³-hybridized carbons (Fsp3) is 0.143. The highest BCUT2D eigenvalue weighted by atomic mass is 79.9. The molecule has 0 fully saturated rings. The number of benzene rings is 2. The molecule has 132 valence electrons. The second kappa shape index (κ2) is 7.70. The second-order valence-corrected chi connectivity index (χ2v) is 7.12. The van der Waals surface area contributed by atoms with E-state index in [4.69, 9.17) is 0 Å². The third-order valence-corrected chi connectivity index (χ3v) is 4.77. The van der Waals surface area contributed by atoms with Crippen molar-refractivity contribution in [2.24, 2.45) is 5.10 Å². The zero-order valence-corrected chi connectivity index (χ0v) is 16.5. The van der Waals surface area contributed by atoms with Gasteiger partial charge in [-0.05, 0) is 63.2 Å². The van der Waals surface area contributed by atoms with Crippen molar-refractivity contribution in [3.63, 3.8) is 0 Å². The minimum absolute atomic E-state index is 0.219. The fourth-order valence-corrected chi connectivity index (χ4v) is 3.10. The summed E-state index contributed by atoms with van der Waals surface area (Å²) in [6.07, 6.45) is 1.68. The minimum atomic E-state index is -0.219. The first-order valence-corrected chi connectivity index (χ1v) is 9.10. The number of hydrogen-bond acceptors (Lipinski definition) is 2. The Morgan fingerprint density at radius 1 is 1.04 bits per heavy atom. The summed E-state index contributed by atoms with van der Waals surface area (Å²) in [5, 5.41) is 4.12. The van der Waals surface area contributed by atoms with Crippen LogP contribution in [-0.2, 0) is 0 Å². The van der Waals surface area contributed by atoms with Gasteiger partial charge in [0, 0.05) is 32.7 Å². The number of aryl methyl sites for hydroxylation is 2. The van der Waals surface area contributed by atoms with Crippen molar-refractivity contribution in [2.75, 3.05) is 0 Å². The van der Waals surface area contributed by atoms with E-state index < -0.39 is 0 Å². The van der Waals surface area contributed by atoms with E-state index in [0.29, 0.717) is 5.56 Å². The van der Waals surface area contributed by atoms with Gasteiger partial charge in [0.2, 0.25) is 0 Å². The van der Waals surface area contributed by atoms with E-state index in [0.717, 1.165) is 32.7 Å². The van der Waals surface area contributed by atoms with Crippen LogP contribution >= 0.6 is 15.9 Å². The molecule has 2 aromatic carbocycles. The largest absolute Gasteiger partial charge is 0.318 e. The van der Waals surface area contributed by atoms with Gasteiger partial charge in [-0.15, -0.1) is 0 Å². The molecule has 4 nitrogen and oxygen atoms in total. The van der Waals surface area contributed by atoms with Crippen LogP contribution in [0.15, 0.2) is 64.2 Å². The molecule has 0 aliphatic heterocycles. The first kappa shape index (κ1) is 18.1. The van der Waals surface area contributed by atoms with Crippen molar-refractivity contribution in [1.82, 2.24) is 9.99 Å². The number of amides is 1. The number of hydrazone groups is 1. The number of aromatic nitrogens is 1. The molecule has 0 spiro atoms. The maximum Gasteiger partial charge on any atom is 0.271 e. The van der Waals surface area contributed by atoms with Crippen LogP contribution in [0.1, 0.15) is 32.9 Å². The Labute approximate surface area is 161 Å². The molecule has 1 heterocycles. The Morgan fingerprint density at radius 2 is 1.69 bits per heavy atom. The Hall–Kier alpha value is -2.66. The predicted octanol–water partition coefficient (Wildman–Crippen LogP) is 4.93. The zero-order valence-electron chi connectivity index (χ0n) is 15.0. The highest BCUT2D eigenvalue weighted by Gasteiger charge is 2.09. The lowest BCUT2D eigenvalue weighted by Crippen LogP contribution is -2.17. The molecule has 1 aromatic heterocycles. The van der Waals surface area contributed by atoms with E-state index in [2.05, 4.69) is 56.1 Å². The summed E-state index contributed by atoms with van der Waals surface area (Å²) < 4.78 is 3.21. The van der Waals surface area contributed by atoms with E-state index in [9.17, 15) is 4.79 Å². The number of nitrogens with zero attached hydrogens (tertiary/aromatic N) is 2. The number of rotatable bonds is 4. The molecule has 0 radical (unpaired) electrons. The molecule has 3 rings (SSSR count). The Balaban J connectivity index is 1.77. The van der Waals surface area contributed by atoms with E-state index in [1.165, 1.54) is 0 Å². The standard InChI is InChI=1S/C21H20BrN3O/c1-14-4-6-17(7-5-14)21(26)24-23-13-18-12-15(2)25(16(18)3)20-10-8-19(22)9-11-20/h4-13H,1-3H3,(H,24,26). The smallest absolute Gasteiger partial charge is 0.271 e. The summed E-state index contributed by atoms with van der Waals surface area (Å²) in [6.45, 7) is 6.08. The van der Waals surface area contributed by atoms with Gasteiger partial charge in [0.05, 0.1) is 6.21 Å². The summed E-state index contributed by atoms with van der Waals surface area (Å²) in [7, 11) is 0. The first-order chi connectivity index (χ1) is 12.5. The van der Waals surface area contributed by atoms with Gasteiger partial charge in [-0.3, -0.25) is 4.79 Å². The maximum absolute atomic E-state index is 12.1. The van der Waals surface area contributed by atoms with Crippen molar-refractivity contribution in [3.8, 4) is 5.69 Å². The molecule has 0 bridgehead atoms. The van der Waals surface area contributed by atoms with Gasteiger partial charge in [-0.1, -0.05) is 33.6 Å². The first-order valence-electron chi connectivity index (χ1n) is 8.30. The molecule has 1 N–H and O–H groups in total. The van der Waals surface area contributed by atoms with Gasteiger partial charge in [-0.2, -0.15) is 5.10 Å². The normalized spacial score (nSPS) is 11.1. The van der Waals surface area contributed by atoms with Crippen molar-refractivity contribution >= 4 is 28.1 Å². The molecule has 0 aliphatic rings. The van der Waals surface area contributed by atoms with Crippen LogP contribution in [-0.4, -0.2) is 16.7 Å². The van der Waals surface area contributed by atoms with Crippen molar-refractivity contribution < 1.29 is 4.79 Å². The van der Waals surface area contributed by atoms with E-state index in [-0.39, 0.29) is 5.91 Å². The number of halogens is 1. The number of hydrogen-bond donors (Lipinski definition) is 1. The molecule has 0 saturated heterocycles. The van der Waals surface area contributed by atoms with Gasteiger partial charge in [0.1, 0.15) is 0 Å². The van der Waals surface area contributed by atoms with E-state index >= 15 is 0 Å². The van der Waals surface area contributed by atoms with Crippen LogP contribution in [0.2, 0.25) is 0 Å². The number of nitrogens with one attached hydrogen (secondary N) is 1. The Morgan fingerprint density at radius 3 is 2.35 bits per heavy atom. The van der Waals surface area contributed by atoms with E-state index in [1.54, 1.807) is 18.3 Å². The van der Waals surface area contributed by atoms with Crippen LogP contribution < -0.4 is 5.43 Å². The van der Waals surface area contributed by atoms with Crippen molar-refractivity contribution in [3.05, 3.63) is 87.1 Å². The molecule has 0 unspecified atom stereocenters. The van der Waals surface area contributed by atoms with Gasteiger partial charge in [0.25, 0.3) is 5.91 Å². The molecular weight excluding hydrogens is 390 g/mol. The molecular formula is C21H20BrN3O. The van der Waals surface area contributed by atoms with Gasteiger partial charge >= 0.3 is 0 Å². The van der Waals surface area contributed by atoms with Crippen LogP contribution in [0.25, 0.3) is 5.69 Å². The lowest BCUT2D eigenvalue weighted by Gasteiger charge is -2.09. The lowest BCUT2D eigenvalue weighted by atomic mass is 10.1. The molecule has 0 saturated carbocycles. The second-order valence-electron chi connectivity index (χ2n) is 6.20. The molecule has 5 heteroatoms. The Kier molecular flexibility index (Phi) is 5.38. The van der Waals surface area contributed by atoms with Crippen LogP contribution in [0.3, 0.4) is 0 Å². The third kappa shape index (κ3) is 3.94. The monoisotopic (exact) mass is 409 g/mol. The van der Waals surface area contributed by atoms with Crippen molar-refractivity contribution in [2.45, 2.75) is 20.8 Å². The average molecular weight is 410 g/mol. The lowest BCUT2D eigenvalue weighted by molar-refractivity contribution is 0.0955. The molecule has 1 amide bonds. The summed E-state index contributed by atoms with van der Waals surface area (Å²) in [4.78, 5) is 12.1.